The van der Waals surface area contributed by atoms with E-state index in [4.69, 9.17) is 0 Å². The van der Waals surface area contributed by atoms with Crippen LogP contribution in [0.1, 0.15) is 0 Å². The number of benzene rings is 6. The van der Waals surface area contributed by atoms with E-state index in [2.05, 4.69) is 60.7 Å². The predicted molar refractivity (Wildman–Crippen MR) is 128 cm³/mol. The molecule has 8 rings (SSSR count). The summed E-state index contributed by atoms with van der Waals surface area (Å²) in [5.41, 5.74) is 8.49. The Labute approximate surface area is 182 Å². The van der Waals surface area contributed by atoms with Crippen molar-refractivity contribution in [3.8, 4) is 44.5 Å². The quantitative estimate of drug-likeness (QED) is 0.218. The number of fused-ring (bicyclic) bond motifs is 12. The lowest BCUT2D eigenvalue weighted by Gasteiger charge is -2.14. The molecule has 0 atom stereocenters. The molecule has 0 bridgehead atoms. The standard InChI is InChI=1S/C30H14F2/c31-23-13-21-22(14-24(23)32)28-20-12-6-4-10-18(20)26-16-8-2-1-7-15(16)25-17-9-3-5-11-19(17)27(21)30(28)29(25)26/h1-14H. The molecule has 0 nitrogen and oxygen atoms in total. The van der Waals surface area contributed by atoms with Crippen molar-refractivity contribution in [3.63, 3.8) is 0 Å². The van der Waals surface area contributed by atoms with Gasteiger partial charge in [-0.15, -0.1) is 0 Å². The first-order valence-corrected chi connectivity index (χ1v) is 10.8. The van der Waals surface area contributed by atoms with Gasteiger partial charge in [0, 0.05) is 0 Å². The van der Waals surface area contributed by atoms with Crippen molar-refractivity contribution >= 4 is 32.3 Å². The van der Waals surface area contributed by atoms with E-state index in [9.17, 15) is 8.78 Å². The Kier molecular flexibility index (Phi) is 2.81. The molecule has 0 amide bonds. The van der Waals surface area contributed by atoms with Crippen LogP contribution in [0.4, 0.5) is 8.78 Å². The molecule has 32 heavy (non-hydrogen) atoms. The molecule has 0 aromatic heterocycles. The summed E-state index contributed by atoms with van der Waals surface area (Å²) in [6, 6.07) is 28.0. The van der Waals surface area contributed by atoms with E-state index in [1.54, 1.807) is 0 Å². The summed E-state index contributed by atoms with van der Waals surface area (Å²) in [6.07, 6.45) is 0. The SMILES string of the molecule is Fc1cc2c(cc1F)-c1c3ccccc3c3c4c(c5ccccc5c-2c14)-c1ccccc1-3. The fraction of sp³-hybridized carbons (Fsp3) is 0. The van der Waals surface area contributed by atoms with Crippen LogP contribution in [0, 0.1) is 11.6 Å². The molecule has 2 heteroatoms. The molecular weight excluding hydrogens is 398 g/mol. The monoisotopic (exact) mass is 412 g/mol. The molecule has 2 aliphatic rings. The van der Waals surface area contributed by atoms with E-state index >= 15 is 0 Å². The Bertz CT molecular complexity index is 1710. The van der Waals surface area contributed by atoms with Gasteiger partial charge in [0.1, 0.15) is 0 Å². The summed E-state index contributed by atoms with van der Waals surface area (Å²) in [7, 11) is 0. The first-order valence-electron chi connectivity index (χ1n) is 10.8. The van der Waals surface area contributed by atoms with Crippen LogP contribution < -0.4 is 0 Å². The zero-order valence-corrected chi connectivity index (χ0v) is 16.8. The maximum atomic E-state index is 14.5. The molecule has 0 saturated heterocycles. The van der Waals surface area contributed by atoms with Gasteiger partial charge in [-0.3, -0.25) is 0 Å². The number of rotatable bonds is 0. The Morgan fingerprint density at radius 1 is 0.375 bits per heavy atom. The van der Waals surface area contributed by atoms with Gasteiger partial charge < -0.3 is 0 Å². The van der Waals surface area contributed by atoms with Gasteiger partial charge in [-0.05, 0) is 89.0 Å². The smallest absolute Gasteiger partial charge is 0.159 e. The summed E-state index contributed by atoms with van der Waals surface area (Å²) < 4.78 is 29.0. The van der Waals surface area contributed by atoms with Crippen LogP contribution in [-0.4, -0.2) is 0 Å². The van der Waals surface area contributed by atoms with Crippen molar-refractivity contribution in [1.82, 2.24) is 0 Å². The molecule has 0 aliphatic heterocycles. The molecule has 6 aromatic carbocycles. The Morgan fingerprint density at radius 3 is 1.06 bits per heavy atom. The third-order valence-corrected chi connectivity index (χ3v) is 7.25. The van der Waals surface area contributed by atoms with Gasteiger partial charge in [-0.25, -0.2) is 8.78 Å². The maximum absolute atomic E-state index is 14.5. The van der Waals surface area contributed by atoms with Gasteiger partial charge in [0.25, 0.3) is 0 Å². The normalized spacial score (nSPS) is 12.7. The van der Waals surface area contributed by atoms with Gasteiger partial charge in [0.05, 0.1) is 0 Å². The highest BCUT2D eigenvalue weighted by molar-refractivity contribution is 6.40. The van der Waals surface area contributed by atoms with Crippen LogP contribution in [0.5, 0.6) is 0 Å². The predicted octanol–water partition coefficient (Wildman–Crippen LogP) is 8.72. The lowest BCUT2D eigenvalue weighted by molar-refractivity contribution is 0.509. The van der Waals surface area contributed by atoms with Crippen LogP contribution in [-0.2, 0) is 0 Å². The minimum Gasteiger partial charge on any atom is -0.204 e. The van der Waals surface area contributed by atoms with Crippen molar-refractivity contribution in [3.05, 3.63) is 96.6 Å². The molecular formula is C30H14F2. The zero-order chi connectivity index (χ0) is 21.1. The lowest BCUT2D eigenvalue weighted by Crippen LogP contribution is -1.88. The summed E-state index contributed by atoms with van der Waals surface area (Å²) >= 11 is 0. The average molecular weight is 412 g/mol. The molecule has 0 fully saturated rings. The van der Waals surface area contributed by atoms with Crippen molar-refractivity contribution in [1.29, 1.82) is 0 Å². The van der Waals surface area contributed by atoms with Crippen molar-refractivity contribution in [2.45, 2.75) is 0 Å². The van der Waals surface area contributed by atoms with E-state index < -0.39 is 11.6 Å². The molecule has 0 spiro atoms. The topological polar surface area (TPSA) is 0 Å². The molecule has 0 heterocycles. The van der Waals surface area contributed by atoms with Crippen LogP contribution in [0.2, 0.25) is 0 Å². The zero-order valence-electron chi connectivity index (χ0n) is 16.8. The largest absolute Gasteiger partial charge is 0.204 e. The van der Waals surface area contributed by atoms with E-state index in [0.29, 0.717) is 0 Å². The second-order valence-corrected chi connectivity index (χ2v) is 8.70. The van der Waals surface area contributed by atoms with Gasteiger partial charge in [-0.1, -0.05) is 72.8 Å². The fourth-order valence-corrected chi connectivity index (χ4v) is 6.13. The number of hydrogen-bond acceptors (Lipinski definition) is 0. The van der Waals surface area contributed by atoms with E-state index in [0.717, 1.165) is 49.2 Å². The van der Waals surface area contributed by atoms with Crippen LogP contribution in [0.3, 0.4) is 0 Å². The first kappa shape index (κ1) is 16.6. The molecule has 0 unspecified atom stereocenters. The van der Waals surface area contributed by atoms with E-state index in [1.807, 2.05) is 12.1 Å². The molecule has 0 N–H and O–H groups in total. The highest BCUT2D eigenvalue weighted by atomic mass is 19.2. The molecule has 2 aliphatic carbocycles. The fourth-order valence-electron chi connectivity index (χ4n) is 6.13. The second-order valence-electron chi connectivity index (χ2n) is 8.70. The van der Waals surface area contributed by atoms with Crippen LogP contribution in [0.15, 0.2) is 84.9 Å². The summed E-state index contributed by atoms with van der Waals surface area (Å²) in [5, 5.41) is 6.78. The highest BCUT2D eigenvalue weighted by Gasteiger charge is 2.35. The van der Waals surface area contributed by atoms with Gasteiger partial charge in [0.15, 0.2) is 11.6 Å². The molecule has 0 radical (unpaired) electrons. The average Bonchev–Trinajstić information content (AvgIpc) is 3.34. The van der Waals surface area contributed by atoms with Gasteiger partial charge in [-0.2, -0.15) is 0 Å². The van der Waals surface area contributed by atoms with Crippen LogP contribution >= 0.6 is 0 Å². The highest BCUT2D eigenvalue weighted by Crippen LogP contribution is 2.62. The van der Waals surface area contributed by atoms with E-state index in [-0.39, 0.29) is 0 Å². The van der Waals surface area contributed by atoms with Gasteiger partial charge >= 0.3 is 0 Å². The van der Waals surface area contributed by atoms with Gasteiger partial charge in [0.2, 0.25) is 0 Å². The van der Waals surface area contributed by atoms with Crippen molar-refractivity contribution in [2.24, 2.45) is 0 Å². The summed E-state index contributed by atoms with van der Waals surface area (Å²) in [6.45, 7) is 0. The Morgan fingerprint density at radius 2 is 0.688 bits per heavy atom. The van der Waals surface area contributed by atoms with E-state index in [1.165, 1.54) is 39.8 Å². The third kappa shape index (κ3) is 1.72. The number of hydrogen-bond donors (Lipinski definition) is 0. The first-order chi connectivity index (χ1) is 15.7. The minimum absolute atomic E-state index is 0.778. The Hall–Kier alpha value is -4.04. The lowest BCUT2D eigenvalue weighted by atomic mass is 9.88. The summed E-state index contributed by atoms with van der Waals surface area (Å²) in [5.74, 6) is -1.61. The van der Waals surface area contributed by atoms with Crippen molar-refractivity contribution in [2.75, 3.05) is 0 Å². The molecule has 0 saturated carbocycles. The third-order valence-electron chi connectivity index (χ3n) is 7.25. The maximum Gasteiger partial charge on any atom is 0.159 e. The van der Waals surface area contributed by atoms with Crippen molar-refractivity contribution < 1.29 is 8.78 Å². The summed E-state index contributed by atoms with van der Waals surface area (Å²) in [4.78, 5) is 0. The molecule has 6 aromatic rings. The number of halogens is 2. The second kappa shape index (κ2) is 5.41. The Balaban J connectivity index is 1.79. The minimum atomic E-state index is -0.805. The molecule has 148 valence electrons. The van der Waals surface area contributed by atoms with Crippen LogP contribution in [0.25, 0.3) is 76.8 Å².